The number of hydrogen-bond acceptors (Lipinski definition) is 2. The Morgan fingerprint density at radius 1 is 1.54 bits per heavy atom. The average Bonchev–Trinajstić information content (AvgIpc) is 2.47. The summed E-state index contributed by atoms with van der Waals surface area (Å²) in [5.41, 5.74) is -0.0972. The zero-order valence-electron chi connectivity index (χ0n) is 8.29. The zero-order valence-corrected chi connectivity index (χ0v) is 8.29. The summed E-state index contributed by atoms with van der Waals surface area (Å²) in [7, 11) is 0. The summed E-state index contributed by atoms with van der Waals surface area (Å²) in [6.07, 6.45) is 2.22. The quantitative estimate of drug-likeness (QED) is 0.652. The lowest BCUT2D eigenvalue weighted by Gasteiger charge is -2.53. The Hall–Kier alpha value is -0.570. The number of rotatable bonds is 1. The first-order valence-electron chi connectivity index (χ1n) is 5.01. The minimum atomic E-state index is -0.231. The number of nitrogens with zero attached hydrogens (tertiary/aromatic N) is 1. The molecule has 74 valence electrons. The van der Waals surface area contributed by atoms with E-state index in [0.717, 1.165) is 19.4 Å². The standard InChI is InChI=1S/C10H17NO2/c1-10(2)7(6-8(10)12)11-5-3-4-9(11)13/h7-8,12H,3-6H2,1-2H3. The molecule has 0 aromatic carbocycles. The summed E-state index contributed by atoms with van der Waals surface area (Å²) in [6.45, 7) is 4.97. The largest absolute Gasteiger partial charge is 0.392 e. The van der Waals surface area contributed by atoms with Crippen molar-refractivity contribution < 1.29 is 9.90 Å². The summed E-state index contributed by atoms with van der Waals surface area (Å²) < 4.78 is 0. The number of amides is 1. The van der Waals surface area contributed by atoms with Crippen LogP contribution in [0, 0.1) is 5.41 Å². The van der Waals surface area contributed by atoms with E-state index in [1.807, 2.05) is 18.7 Å². The molecular formula is C10H17NO2. The zero-order chi connectivity index (χ0) is 9.64. The summed E-state index contributed by atoms with van der Waals surface area (Å²) in [6, 6.07) is 0.275. The molecule has 1 aliphatic heterocycles. The number of hydrogen-bond donors (Lipinski definition) is 1. The highest BCUT2D eigenvalue weighted by Crippen LogP contribution is 2.44. The van der Waals surface area contributed by atoms with Gasteiger partial charge in [0, 0.05) is 24.4 Å². The summed E-state index contributed by atoms with van der Waals surface area (Å²) in [5.74, 6) is 0.268. The van der Waals surface area contributed by atoms with Gasteiger partial charge in [-0.25, -0.2) is 0 Å². The van der Waals surface area contributed by atoms with Crippen LogP contribution in [0.1, 0.15) is 33.1 Å². The van der Waals surface area contributed by atoms with Gasteiger partial charge in [0.05, 0.1) is 6.10 Å². The van der Waals surface area contributed by atoms with E-state index in [9.17, 15) is 9.90 Å². The first kappa shape index (κ1) is 9.00. The topological polar surface area (TPSA) is 40.5 Å². The van der Waals surface area contributed by atoms with E-state index in [1.54, 1.807) is 0 Å². The highest BCUT2D eigenvalue weighted by Gasteiger charge is 2.51. The molecule has 3 nitrogen and oxygen atoms in total. The van der Waals surface area contributed by atoms with Gasteiger partial charge in [0.1, 0.15) is 0 Å². The maximum atomic E-state index is 11.4. The number of carbonyl (C=O) groups excluding carboxylic acids is 1. The lowest BCUT2D eigenvalue weighted by Crippen LogP contribution is -2.61. The molecule has 0 aromatic heterocycles. The Balaban J connectivity index is 2.07. The van der Waals surface area contributed by atoms with Crippen molar-refractivity contribution in [3.63, 3.8) is 0 Å². The molecule has 1 amide bonds. The molecule has 1 N–H and O–H groups in total. The molecule has 0 aromatic rings. The Bertz CT molecular complexity index is 237. The van der Waals surface area contributed by atoms with Crippen LogP contribution in [-0.2, 0) is 4.79 Å². The lowest BCUT2D eigenvalue weighted by molar-refractivity contribution is -0.150. The van der Waals surface area contributed by atoms with Crippen LogP contribution in [0.25, 0.3) is 0 Å². The van der Waals surface area contributed by atoms with E-state index < -0.39 is 0 Å². The predicted molar refractivity (Wildman–Crippen MR) is 49.1 cm³/mol. The number of aliphatic hydroxyl groups excluding tert-OH is 1. The van der Waals surface area contributed by atoms with Gasteiger partial charge in [0.2, 0.25) is 5.91 Å². The van der Waals surface area contributed by atoms with Gasteiger partial charge in [-0.2, -0.15) is 0 Å². The number of likely N-dealkylation sites (tertiary alicyclic amines) is 1. The average molecular weight is 183 g/mol. The molecule has 2 fully saturated rings. The highest BCUT2D eigenvalue weighted by atomic mass is 16.3. The molecule has 2 unspecified atom stereocenters. The van der Waals surface area contributed by atoms with E-state index >= 15 is 0 Å². The molecule has 2 rings (SSSR count). The predicted octanol–water partition coefficient (Wildman–Crippen LogP) is 0.768. The van der Waals surface area contributed by atoms with E-state index in [2.05, 4.69) is 0 Å². The molecule has 1 saturated carbocycles. The van der Waals surface area contributed by atoms with Crippen LogP contribution >= 0.6 is 0 Å². The van der Waals surface area contributed by atoms with Crippen LogP contribution < -0.4 is 0 Å². The fraction of sp³-hybridized carbons (Fsp3) is 0.900. The minimum absolute atomic E-state index is 0.0972. The van der Waals surface area contributed by atoms with Crippen molar-refractivity contribution in [2.45, 2.75) is 45.3 Å². The second-order valence-electron chi connectivity index (χ2n) is 4.78. The van der Waals surface area contributed by atoms with Gasteiger partial charge in [-0.05, 0) is 12.8 Å². The fourth-order valence-electron chi connectivity index (χ4n) is 2.41. The summed E-state index contributed by atoms with van der Waals surface area (Å²) >= 11 is 0. The van der Waals surface area contributed by atoms with E-state index in [4.69, 9.17) is 0 Å². The highest BCUT2D eigenvalue weighted by molar-refractivity contribution is 5.78. The van der Waals surface area contributed by atoms with Crippen LogP contribution in [0.3, 0.4) is 0 Å². The van der Waals surface area contributed by atoms with E-state index in [0.29, 0.717) is 6.42 Å². The minimum Gasteiger partial charge on any atom is -0.392 e. The maximum Gasteiger partial charge on any atom is 0.222 e. The van der Waals surface area contributed by atoms with Gasteiger partial charge in [-0.15, -0.1) is 0 Å². The summed E-state index contributed by atoms with van der Waals surface area (Å²) in [5, 5.41) is 9.55. The van der Waals surface area contributed by atoms with Crippen molar-refractivity contribution in [1.82, 2.24) is 4.90 Å². The van der Waals surface area contributed by atoms with Crippen molar-refractivity contribution in [2.75, 3.05) is 6.54 Å². The van der Waals surface area contributed by atoms with E-state index in [1.165, 1.54) is 0 Å². The fourth-order valence-corrected chi connectivity index (χ4v) is 2.41. The third kappa shape index (κ3) is 1.17. The smallest absolute Gasteiger partial charge is 0.222 e. The van der Waals surface area contributed by atoms with Crippen molar-refractivity contribution in [2.24, 2.45) is 5.41 Å². The Labute approximate surface area is 78.7 Å². The Morgan fingerprint density at radius 2 is 2.23 bits per heavy atom. The van der Waals surface area contributed by atoms with Crippen molar-refractivity contribution in [1.29, 1.82) is 0 Å². The lowest BCUT2D eigenvalue weighted by atomic mass is 9.64. The molecule has 1 aliphatic carbocycles. The first-order valence-corrected chi connectivity index (χ1v) is 5.01. The molecular weight excluding hydrogens is 166 g/mol. The van der Waals surface area contributed by atoms with Gasteiger partial charge >= 0.3 is 0 Å². The van der Waals surface area contributed by atoms with Crippen LogP contribution in [-0.4, -0.2) is 34.6 Å². The van der Waals surface area contributed by atoms with Crippen LogP contribution in [0.15, 0.2) is 0 Å². The molecule has 2 atom stereocenters. The summed E-state index contributed by atoms with van der Waals surface area (Å²) in [4.78, 5) is 13.4. The third-order valence-corrected chi connectivity index (χ3v) is 3.65. The van der Waals surface area contributed by atoms with Gasteiger partial charge in [-0.3, -0.25) is 4.79 Å². The second kappa shape index (κ2) is 2.71. The normalized spacial score (nSPS) is 37.8. The van der Waals surface area contributed by atoms with Gasteiger partial charge < -0.3 is 10.0 Å². The van der Waals surface area contributed by atoms with Crippen molar-refractivity contribution in [3.8, 4) is 0 Å². The Morgan fingerprint density at radius 3 is 2.62 bits per heavy atom. The van der Waals surface area contributed by atoms with Crippen LogP contribution in [0.4, 0.5) is 0 Å². The molecule has 2 aliphatic rings. The molecule has 1 heterocycles. The van der Waals surface area contributed by atoms with Crippen LogP contribution in [0.2, 0.25) is 0 Å². The third-order valence-electron chi connectivity index (χ3n) is 3.65. The molecule has 13 heavy (non-hydrogen) atoms. The van der Waals surface area contributed by atoms with E-state index in [-0.39, 0.29) is 23.5 Å². The van der Waals surface area contributed by atoms with Gasteiger partial charge in [-0.1, -0.05) is 13.8 Å². The number of carbonyl (C=O) groups is 1. The second-order valence-corrected chi connectivity index (χ2v) is 4.78. The molecule has 1 saturated heterocycles. The Kier molecular flexibility index (Phi) is 1.88. The van der Waals surface area contributed by atoms with Gasteiger partial charge in [0.25, 0.3) is 0 Å². The molecule has 0 radical (unpaired) electrons. The maximum absolute atomic E-state index is 11.4. The van der Waals surface area contributed by atoms with Crippen LogP contribution in [0.5, 0.6) is 0 Å². The molecule has 0 spiro atoms. The van der Waals surface area contributed by atoms with Gasteiger partial charge in [0.15, 0.2) is 0 Å². The monoisotopic (exact) mass is 183 g/mol. The number of aliphatic hydroxyl groups is 1. The molecule has 0 bridgehead atoms. The molecule has 3 heteroatoms. The SMILES string of the molecule is CC1(C)C(O)CC1N1CCCC1=O. The van der Waals surface area contributed by atoms with Crippen molar-refractivity contribution >= 4 is 5.91 Å². The first-order chi connectivity index (χ1) is 6.03. The van der Waals surface area contributed by atoms with Crippen molar-refractivity contribution in [3.05, 3.63) is 0 Å².